The molecule has 196 valence electrons. The van der Waals surface area contributed by atoms with Crippen molar-refractivity contribution < 1.29 is 18.7 Å². The molecule has 1 aromatic heterocycles. The van der Waals surface area contributed by atoms with Crippen molar-refractivity contribution in [3.63, 3.8) is 0 Å². The topological polar surface area (TPSA) is 118 Å². The standard InChI is InChI=1S/C26H42N4O4S/c1-7-11-17-35(33,34)18-12-13-22(25(31)27-14-8-2)19-23-20(5)24(21(6)29-23)26(32)28-15-16-30(9-3)10-4/h7-8,11-14,19,29,33-34H,9-10,15-18H2,1-6H3,(H,27,31)(H,28,32). The lowest BCUT2D eigenvalue weighted by Crippen LogP contribution is -2.35. The molecule has 8 nitrogen and oxygen atoms in total. The number of carbonyl (C=O) groups is 2. The number of nitrogens with one attached hydrogen (secondary N) is 3. The van der Waals surface area contributed by atoms with Crippen molar-refractivity contribution in [3.8, 4) is 0 Å². The maximum Gasteiger partial charge on any atom is 0.255 e. The Morgan fingerprint density at radius 2 is 1.71 bits per heavy atom. The summed E-state index contributed by atoms with van der Waals surface area (Å²) in [7, 11) is -2.81. The summed E-state index contributed by atoms with van der Waals surface area (Å²) < 4.78 is 20.3. The van der Waals surface area contributed by atoms with Gasteiger partial charge in [0.05, 0.1) is 17.1 Å². The molecule has 1 rings (SSSR count). The molecule has 1 aromatic rings. The van der Waals surface area contributed by atoms with Crippen LogP contribution in [0.15, 0.2) is 42.2 Å². The average molecular weight is 507 g/mol. The van der Waals surface area contributed by atoms with E-state index in [-0.39, 0.29) is 23.3 Å². The normalized spacial score (nSPS) is 13.5. The third kappa shape index (κ3) is 10.3. The Hall–Kier alpha value is -2.59. The Labute approximate surface area is 211 Å². The maximum atomic E-state index is 12.9. The molecule has 2 amide bonds. The molecule has 0 saturated carbocycles. The summed E-state index contributed by atoms with van der Waals surface area (Å²) in [6, 6.07) is 0. The summed E-state index contributed by atoms with van der Waals surface area (Å²) in [5.74, 6) is -0.300. The molecule has 0 aliphatic heterocycles. The van der Waals surface area contributed by atoms with Gasteiger partial charge in [-0.3, -0.25) is 18.7 Å². The van der Waals surface area contributed by atoms with E-state index in [0.717, 1.165) is 25.2 Å². The van der Waals surface area contributed by atoms with Gasteiger partial charge in [0.25, 0.3) is 11.8 Å². The van der Waals surface area contributed by atoms with Crippen molar-refractivity contribution in [1.29, 1.82) is 0 Å². The molecule has 9 heteroatoms. The first kappa shape index (κ1) is 30.4. The zero-order valence-corrected chi connectivity index (χ0v) is 22.7. The molecule has 0 saturated heterocycles. The Kier molecular flexibility index (Phi) is 13.4. The highest BCUT2D eigenvalue weighted by Crippen LogP contribution is 2.38. The molecule has 0 bridgehead atoms. The number of aromatic nitrogens is 1. The van der Waals surface area contributed by atoms with Gasteiger partial charge in [-0.1, -0.05) is 44.2 Å². The lowest BCUT2D eigenvalue weighted by molar-refractivity contribution is -0.116. The number of aromatic amines is 1. The SMILES string of the molecule is CC=CCS(O)(O)CC=CC(=Cc1[nH]c(C)c(C(=O)NCCN(CC)CC)c1C)C(=O)NC=CC. The van der Waals surface area contributed by atoms with Gasteiger partial charge >= 0.3 is 0 Å². The average Bonchev–Trinajstić information content (AvgIpc) is 3.10. The van der Waals surface area contributed by atoms with Crippen LogP contribution in [-0.2, 0) is 4.79 Å². The van der Waals surface area contributed by atoms with Crippen molar-refractivity contribution in [2.24, 2.45) is 0 Å². The minimum absolute atomic E-state index is 0.0362. The number of likely N-dealkylation sites (N-methyl/N-ethyl adjacent to an activating group) is 1. The van der Waals surface area contributed by atoms with Gasteiger partial charge in [0.1, 0.15) is 0 Å². The predicted octanol–water partition coefficient (Wildman–Crippen LogP) is 4.62. The highest BCUT2D eigenvalue weighted by Gasteiger charge is 2.18. The van der Waals surface area contributed by atoms with E-state index < -0.39 is 10.6 Å². The van der Waals surface area contributed by atoms with Crippen LogP contribution in [0.2, 0.25) is 0 Å². The molecular formula is C26H42N4O4S. The van der Waals surface area contributed by atoms with Crippen LogP contribution in [0, 0.1) is 13.8 Å². The number of allylic oxidation sites excluding steroid dienone is 2. The number of H-pyrrole nitrogens is 1. The third-order valence-electron chi connectivity index (χ3n) is 5.51. The largest absolute Gasteiger partial charge is 0.358 e. The molecular weight excluding hydrogens is 464 g/mol. The molecule has 0 aliphatic rings. The van der Waals surface area contributed by atoms with Crippen molar-refractivity contribution in [1.82, 2.24) is 20.5 Å². The zero-order valence-electron chi connectivity index (χ0n) is 21.9. The van der Waals surface area contributed by atoms with Crippen molar-refractivity contribution >= 4 is 28.5 Å². The summed E-state index contributed by atoms with van der Waals surface area (Å²) in [6.45, 7) is 14.7. The monoisotopic (exact) mass is 506 g/mol. The minimum atomic E-state index is -2.81. The van der Waals surface area contributed by atoms with E-state index in [0.29, 0.717) is 29.1 Å². The first-order valence-electron chi connectivity index (χ1n) is 11.9. The van der Waals surface area contributed by atoms with Crippen LogP contribution >= 0.6 is 10.6 Å². The van der Waals surface area contributed by atoms with Gasteiger partial charge in [0, 0.05) is 30.1 Å². The Morgan fingerprint density at radius 3 is 2.31 bits per heavy atom. The number of amides is 2. The van der Waals surface area contributed by atoms with Gasteiger partial charge in [-0.2, -0.15) is 10.6 Å². The maximum absolute atomic E-state index is 12.9. The number of hydrogen-bond acceptors (Lipinski definition) is 5. The second-order valence-corrected chi connectivity index (χ2v) is 10.4. The zero-order chi connectivity index (χ0) is 26.4. The fraction of sp³-hybridized carbons (Fsp3) is 0.462. The fourth-order valence-corrected chi connectivity index (χ4v) is 4.49. The van der Waals surface area contributed by atoms with Crippen molar-refractivity contribution in [3.05, 3.63) is 64.7 Å². The Balaban J connectivity index is 3.16. The lowest BCUT2D eigenvalue weighted by Gasteiger charge is -2.29. The molecule has 1 heterocycles. The van der Waals surface area contributed by atoms with E-state index in [1.54, 1.807) is 43.4 Å². The third-order valence-corrected chi connectivity index (χ3v) is 6.97. The number of aryl methyl sites for hydroxylation is 1. The molecule has 0 radical (unpaired) electrons. The van der Waals surface area contributed by atoms with E-state index in [4.69, 9.17) is 0 Å². The van der Waals surface area contributed by atoms with E-state index in [1.807, 2.05) is 20.8 Å². The number of nitrogens with zero attached hydrogens (tertiary/aromatic N) is 1. The molecule has 0 unspecified atom stereocenters. The molecule has 0 fully saturated rings. The molecule has 0 atom stereocenters. The van der Waals surface area contributed by atoms with E-state index in [2.05, 4.69) is 34.4 Å². The van der Waals surface area contributed by atoms with Crippen LogP contribution in [0.1, 0.15) is 55.0 Å². The lowest BCUT2D eigenvalue weighted by atomic mass is 10.1. The van der Waals surface area contributed by atoms with Crippen LogP contribution in [0.4, 0.5) is 0 Å². The van der Waals surface area contributed by atoms with Crippen LogP contribution < -0.4 is 10.6 Å². The quantitative estimate of drug-likeness (QED) is 0.143. The second kappa shape index (κ2) is 15.4. The summed E-state index contributed by atoms with van der Waals surface area (Å²) in [4.78, 5) is 31.0. The predicted molar refractivity (Wildman–Crippen MR) is 148 cm³/mol. The molecule has 0 aromatic carbocycles. The summed E-state index contributed by atoms with van der Waals surface area (Å²) in [5, 5.41) is 5.66. The van der Waals surface area contributed by atoms with Gasteiger partial charge in [-0.15, -0.1) is 0 Å². The highest BCUT2D eigenvalue weighted by atomic mass is 32.3. The van der Waals surface area contributed by atoms with Crippen LogP contribution in [0.25, 0.3) is 6.08 Å². The van der Waals surface area contributed by atoms with Crippen molar-refractivity contribution in [2.75, 3.05) is 37.7 Å². The van der Waals surface area contributed by atoms with E-state index in [9.17, 15) is 18.7 Å². The summed E-state index contributed by atoms with van der Waals surface area (Å²) >= 11 is 0. The summed E-state index contributed by atoms with van der Waals surface area (Å²) in [6.07, 6.45) is 11.5. The molecule has 0 spiro atoms. The van der Waals surface area contributed by atoms with E-state index in [1.165, 1.54) is 6.20 Å². The van der Waals surface area contributed by atoms with Gasteiger partial charge in [-0.25, -0.2) is 0 Å². The summed E-state index contributed by atoms with van der Waals surface area (Å²) in [5.41, 5.74) is 2.99. The van der Waals surface area contributed by atoms with Crippen LogP contribution in [0.5, 0.6) is 0 Å². The number of rotatable bonds is 14. The second-order valence-electron chi connectivity index (χ2n) is 8.13. The van der Waals surface area contributed by atoms with Crippen LogP contribution in [0.3, 0.4) is 0 Å². The molecule has 35 heavy (non-hydrogen) atoms. The van der Waals surface area contributed by atoms with Gasteiger partial charge < -0.3 is 20.5 Å². The number of carbonyl (C=O) groups excluding carboxylic acids is 2. The smallest absolute Gasteiger partial charge is 0.255 e. The number of hydrogen-bond donors (Lipinski definition) is 5. The van der Waals surface area contributed by atoms with Gasteiger partial charge in [0.15, 0.2) is 0 Å². The highest BCUT2D eigenvalue weighted by molar-refractivity contribution is 8.24. The Morgan fingerprint density at radius 1 is 1.06 bits per heavy atom. The van der Waals surface area contributed by atoms with Crippen LogP contribution in [-0.4, -0.2) is 68.5 Å². The molecule has 0 aliphatic carbocycles. The first-order chi connectivity index (χ1) is 16.6. The first-order valence-corrected chi connectivity index (χ1v) is 13.8. The fourth-order valence-electron chi connectivity index (χ4n) is 3.45. The van der Waals surface area contributed by atoms with Crippen molar-refractivity contribution in [2.45, 2.75) is 41.5 Å². The van der Waals surface area contributed by atoms with Gasteiger partial charge in [0.2, 0.25) is 0 Å². The van der Waals surface area contributed by atoms with Gasteiger partial charge in [-0.05, 0) is 58.6 Å². The van der Waals surface area contributed by atoms with E-state index >= 15 is 0 Å². The minimum Gasteiger partial charge on any atom is -0.358 e. The molecule has 5 N–H and O–H groups in total. The Bertz CT molecular complexity index is 957.